The normalized spacial score (nSPS) is 13.2. The number of hydrogen-bond donors (Lipinski definition) is 0. The van der Waals surface area contributed by atoms with Crippen molar-refractivity contribution >= 4 is 43.6 Å². The molecule has 0 aliphatic heterocycles. The van der Waals surface area contributed by atoms with Crippen LogP contribution in [0.3, 0.4) is 0 Å². The Kier molecular flexibility index (Phi) is 6.33. The molecule has 0 amide bonds. The quantitative estimate of drug-likeness (QED) is 0.176. The first kappa shape index (κ1) is 30.0. The van der Waals surface area contributed by atoms with E-state index in [1.54, 1.807) is 0 Å². The number of rotatable bonds is 4. The van der Waals surface area contributed by atoms with Gasteiger partial charge >= 0.3 is 0 Å². The van der Waals surface area contributed by atoms with Crippen molar-refractivity contribution in [2.24, 2.45) is 0 Å². The largest absolute Gasteiger partial charge is 0.309 e. The van der Waals surface area contributed by atoms with Crippen molar-refractivity contribution < 1.29 is 0 Å². The second kappa shape index (κ2) is 11.2. The summed E-state index contributed by atoms with van der Waals surface area (Å²) in [7, 11) is 0. The third-order valence-electron chi connectivity index (χ3n) is 11.7. The molecule has 0 fully saturated rings. The van der Waals surface area contributed by atoms with E-state index in [1.807, 2.05) is 0 Å². The Morgan fingerprint density at radius 1 is 0.358 bits per heavy atom. The van der Waals surface area contributed by atoms with Crippen LogP contribution in [0.25, 0.3) is 88.4 Å². The van der Waals surface area contributed by atoms with Crippen LogP contribution in [0.15, 0.2) is 182 Å². The molecule has 250 valence electrons. The fourth-order valence-corrected chi connectivity index (χ4v) is 9.21. The summed E-state index contributed by atoms with van der Waals surface area (Å²) in [5.74, 6) is 0. The molecule has 0 saturated heterocycles. The standard InChI is InChI=1S/C51H36N2/c1-51(2)44-20-9-6-17-39(44)43-32-38(27-29-45(43)51)53-46-21-10-7-18-40(46)41-28-30-48-49(50(41)53)42-19-8-11-22-47(42)52(48)37-16-12-15-36(31-37)35-25-23-34(24-26-35)33-13-4-3-5-14-33/h3-32H,1-2H3. The highest BCUT2D eigenvalue weighted by atomic mass is 15.0. The van der Waals surface area contributed by atoms with Crippen LogP contribution in [0.4, 0.5) is 0 Å². The van der Waals surface area contributed by atoms with E-state index in [-0.39, 0.29) is 5.41 Å². The third kappa shape index (κ3) is 4.33. The number of aromatic nitrogens is 2. The lowest BCUT2D eigenvalue weighted by atomic mass is 9.82. The van der Waals surface area contributed by atoms with Gasteiger partial charge in [-0.15, -0.1) is 0 Å². The van der Waals surface area contributed by atoms with Gasteiger partial charge in [0.25, 0.3) is 0 Å². The number of nitrogens with zero attached hydrogens (tertiary/aromatic N) is 2. The van der Waals surface area contributed by atoms with Crippen molar-refractivity contribution in [2.45, 2.75) is 19.3 Å². The van der Waals surface area contributed by atoms with Crippen molar-refractivity contribution in [3.63, 3.8) is 0 Å². The second-order valence-electron chi connectivity index (χ2n) is 15.0. The molecule has 2 nitrogen and oxygen atoms in total. The highest BCUT2D eigenvalue weighted by Gasteiger charge is 2.35. The van der Waals surface area contributed by atoms with Crippen molar-refractivity contribution in [1.82, 2.24) is 9.13 Å². The monoisotopic (exact) mass is 676 g/mol. The van der Waals surface area contributed by atoms with Gasteiger partial charge in [-0.25, -0.2) is 0 Å². The van der Waals surface area contributed by atoms with Gasteiger partial charge in [0.1, 0.15) is 0 Å². The lowest BCUT2D eigenvalue weighted by molar-refractivity contribution is 0.660. The van der Waals surface area contributed by atoms with Crippen molar-refractivity contribution in [3.8, 4) is 44.8 Å². The lowest BCUT2D eigenvalue weighted by Crippen LogP contribution is -2.14. The molecule has 2 heteroatoms. The van der Waals surface area contributed by atoms with Gasteiger partial charge in [0.05, 0.1) is 22.1 Å². The van der Waals surface area contributed by atoms with Crippen LogP contribution in [0.1, 0.15) is 25.0 Å². The molecule has 0 N–H and O–H groups in total. The summed E-state index contributed by atoms with van der Waals surface area (Å²) in [5, 5.41) is 5.06. The van der Waals surface area contributed by atoms with Crippen LogP contribution in [0.5, 0.6) is 0 Å². The summed E-state index contributed by atoms with van der Waals surface area (Å²) in [5.41, 5.74) is 17.5. The van der Waals surface area contributed by atoms with Crippen molar-refractivity contribution in [2.75, 3.05) is 0 Å². The van der Waals surface area contributed by atoms with Crippen LogP contribution < -0.4 is 0 Å². The molecule has 0 bridgehead atoms. The predicted molar refractivity (Wildman–Crippen MR) is 224 cm³/mol. The zero-order valence-electron chi connectivity index (χ0n) is 29.7. The Morgan fingerprint density at radius 3 is 1.77 bits per heavy atom. The summed E-state index contributed by atoms with van der Waals surface area (Å²) in [6.07, 6.45) is 0. The minimum atomic E-state index is -0.0373. The summed E-state index contributed by atoms with van der Waals surface area (Å²) in [6.45, 7) is 4.70. The Hall–Kier alpha value is -6.64. The van der Waals surface area contributed by atoms with Gasteiger partial charge in [-0.1, -0.05) is 153 Å². The highest BCUT2D eigenvalue weighted by molar-refractivity contribution is 6.26. The lowest BCUT2D eigenvalue weighted by Gasteiger charge is -2.21. The number of fused-ring (bicyclic) bond motifs is 10. The maximum absolute atomic E-state index is 2.52. The maximum Gasteiger partial charge on any atom is 0.0641 e. The Balaban J connectivity index is 1.15. The van der Waals surface area contributed by atoms with E-state index in [4.69, 9.17) is 0 Å². The van der Waals surface area contributed by atoms with Crippen LogP contribution >= 0.6 is 0 Å². The fraction of sp³-hybridized carbons (Fsp3) is 0.0588. The van der Waals surface area contributed by atoms with Crippen LogP contribution in [-0.4, -0.2) is 9.13 Å². The van der Waals surface area contributed by atoms with Gasteiger partial charge in [0.2, 0.25) is 0 Å². The van der Waals surface area contributed by atoms with Crippen molar-refractivity contribution in [1.29, 1.82) is 0 Å². The topological polar surface area (TPSA) is 9.86 Å². The van der Waals surface area contributed by atoms with E-state index in [1.165, 1.54) is 93.8 Å². The SMILES string of the molecule is CC1(C)c2ccccc2-c2cc(-n3c4ccccc4c4ccc5c(c6ccccc6n5-c5cccc(-c6ccc(-c7ccccc7)cc6)c5)c43)ccc21. The summed E-state index contributed by atoms with van der Waals surface area (Å²) < 4.78 is 4.97. The number of para-hydroxylation sites is 2. The maximum atomic E-state index is 2.52. The van der Waals surface area contributed by atoms with Gasteiger partial charge in [-0.2, -0.15) is 0 Å². The smallest absolute Gasteiger partial charge is 0.0641 e. The molecule has 1 aliphatic carbocycles. The molecular weight excluding hydrogens is 641 g/mol. The Morgan fingerprint density at radius 2 is 0.962 bits per heavy atom. The van der Waals surface area contributed by atoms with Crippen LogP contribution in [-0.2, 0) is 5.41 Å². The van der Waals surface area contributed by atoms with Crippen molar-refractivity contribution in [3.05, 3.63) is 193 Å². The van der Waals surface area contributed by atoms with Gasteiger partial charge in [0, 0.05) is 38.3 Å². The van der Waals surface area contributed by atoms with Gasteiger partial charge in [-0.05, 0) is 87.0 Å². The van der Waals surface area contributed by atoms with Gasteiger partial charge in [0.15, 0.2) is 0 Å². The van der Waals surface area contributed by atoms with E-state index >= 15 is 0 Å². The molecule has 0 radical (unpaired) electrons. The minimum absolute atomic E-state index is 0.0373. The second-order valence-corrected chi connectivity index (χ2v) is 15.0. The average molecular weight is 677 g/mol. The zero-order valence-corrected chi connectivity index (χ0v) is 29.7. The molecule has 11 rings (SSSR count). The zero-order chi connectivity index (χ0) is 35.3. The molecule has 0 unspecified atom stereocenters. The van der Waals surface area contributed by atoms with Crippen LogP contribution in [0.2, 0.25) is 0 Å². The van der Waals surface area contributed by atoms with E-state index in [0.29, 0.717) is 0 Å². The number of hydrogen-bond acceptors (Lipinski definition) is 0. The molecule has 1 aliphatic rings. The van der Waals surface area contributed by atoms with E-state index in [0.717, 1.165) is 5.69 Å². The molecule has 8 aromatic carbocycles. The molecule has 53 heavy (non-hydrogen) atoms. The van der Waals surface area contributed by atoms with Crippen LogP contribution in [0, 0.1) is 0 Å². The molecule has 0 spiro atoms. The summed E-state index contributed by atoms with van der Waals surface area (Å²) in [4.78, 5) is 0. The predicted octanol–water partition coefficient (Wildman–Crippen LogP) is 13.5. The van der Waals surface area contributed by atoms with E-state index in [2.05, 4.69) is 205 Å². The summed E-state index contributed by atoms with van der Waals surface area (Å²) >= 11 is 0. The highest BCUT2D eigenvalue weighted by Crippen LogP contribution is 2.50. The minimum Gasteiger partial charge on any atom is -0.309 e. The van der Waals surface area contributed by atoms with E-state index in [9.17, 15) is 0 Å². The first-order valence-corrected chi connectivity index (χ1v) is 18.5. The molecule has 10 aromatic rings. The molecule has 2 aromatic heterocycles. The van der Waals surface area contributed by atoms with Gasteiger partial charge in [-0.3, -0.25) is 0 Å². The molecule has 0 atom stereocenters. The molecule has 0 saturated carbocycles. The molecular formula is C51H36N2. The van der Waals surface area contributed by atoms with Gasteiger partial charge < -0.3 is 9.13 Å². The third-order valence-corrected chi connectivity index (χ3v) is 11.7. The Bertz CT molecular complexity index is 3060. The molecule has 2 heterocycles. The number of benzene rings is 8. The Labute approximate surface area is 308 Å². The first-order valence-electron chi connectivity index (χ1n) is 18.5. The average Bonchev–Trinajstić information content (AvgIpc) is 3.81. The fourth-order valence-electron chi connectivity index (χ4n) is 9.21. The van der Waals surface area contributed by atoms with E-state index < -0.39 is 0 Å². The first-order chi connectivity index (χ1) is 26.1. The summed E-state index contributed by atoms with van der Waals surface area (Å²) in [6, 6.07) is 67.0.